The van der Waals surface area contributed by atoms with Crippen LogP contribution in [0.4, 0.5) is 0 Å². The smallest absolute Gasteiger partial charge is 0.237 e. The number of amides is 3. The molecule has 1 N–H and O–H groups in total. The molecule has 2 aliphatic heterocycles. The van der Waals surface area contributed by atoms with Crippen LogP contribution in [0.5, 0.6) is 0 Å². The Morgan fingerprint density at radius 2 is 1.89 bits per heavy atom. The van der Waals surface area contributed by atoms with Crippen LogP contribution in [0.15, 0.2) is 30.3 Å². The zero-order valence-electron chi connectivity index (χ0n) is 15.6. The number of piperidine rings is 1. The van der Waals surface area contributed by atoms with Gasteiger partial charge in [0.15, 0.2) is 0 Å². The fourth-order valence-corrected chi connectivity index (χ4v) is 3.78. The quantitative estimate of drug-likeness (QED) is 0.778. The van der Waals surface area contributed by atoms with Crippen LogP contribution in [0.25, 0.3) is 0 Å². The lowest BCUT2D eigenvalue weighted by Gasteiger charge is -2.34. The van der Waals surface area contributed by atoms with Gasteiger partial charge in [0.2, 0.25) is 17.7 Å². The number of benzene rings is 1. The van der Waals surface area contributed by atoms with Gasteiger partial charge in [-0.25, -0.2) is 0 Å². The van der Waals surface area contributed by atoms with E-state index < -0.39 is 5.38 Å². The summed E-state index contributed by atoms with van der Waals surface area (Å²) in [6.45, 7) is 3.88. The van der Waals surface area contributed by atoms with Crippen molar-refractivity contribution < 1.29 is 14.4 Å². The lowest BCUT2D eigenvalue weighted by Crippen LogP contribution is -2.49. The van der Waals surface area contributed by atoms with Gasteiger partial charge in [0.25, 0.3) is 0 Å². The molecule has 27 heavy (non-hydrogen) atoms. The van der Waals surface area contributed by atoms with Crippen LogP contribution < -0.4 is 5.32 Å². The highest BCUT2D eigenvalue weighted by molar-refractivity contribution is 6.30. The van der Waals surface area contributed by atoms with E-state index in [1.54, 1.807) is 11.8 Å². The molecule has 2 aliphatic rings. The summed E-state index contributed by atoms with van der Waals surface area (Å²) in [6, 6.07) is 9.88. The molecule has 2 fully saturated rings. The van der Waals surface area contributed by atoms with Crippen molar-refractivity contribution in [3.05, 3.63) is 35.9 Å². The molecule has 2 unspecified atom stereocenters. The molecule has 0 aromatic heterocycles. The fourth-order valence-electron chi connectivity index (χ4n) is 3.71. The van der Waals surface area contributed by atoms with Crippen molar-refractivity contribution in [1.82, 2.24) is 15.1 Å². The number of hydrogen-bond donors (Lipinski definition) is 1. The number of halogens is 1. The zero-order valence-corrected chi connectivity index (χ0v) is 16.3. The first kappa shape index (κ1) is 19.7. The minimum atomic E-state index is -0.551. The molecule has 0 saturated carbocycles. The molecule has 6 nitrogen and oxygen atoms in total. The van der Waals surface area contributed by atoms with Crippen molar-refractivity contribution in [3.63, 3.8) is 0 Å². The highest BCUT2D eigenvalue weighted by atomic mass is 35.5. The Kier molecular flexibility index (Phi) is 6.37. The van der Waals surface area contributed by atoms with Gasteiger partial charge in [-0.1, -0.05) is 30.3 Å². The van der Waals surface area contributed by atoms with E-state index in [-0.39, 0.29) is 36.1 Å². The second kappa shape index (κ2) is 8.74. The number of rotatable bonds is 5. The van der Waals surface area contributed by atoms with Crippen LogP contribution in [0.3, 0.4) is 0 Å². The van der Waals surface area contributed by atoms with Crippen molar-refractivity contribution >= 4 is 29.3 Å². The lowest BCUT2D eigenvalue weighted by atomic mass is 10.0. The van der Waals surface area contributed by atoms with E-state index in [4.69, 9.17) is 11.6 Å². The van der Waals surface area contributed by atoms with Crippen molar-refractivity contribution in [2.75, 3.05) is 19.6 Å². The predicted molar refractivity (Wildman–Crippen MR) is 103 cm³/mol. The molecule has 7 heteroatoms. The van der Waals surface area contributed by atoms with Crippen LogP contribution in [0.1, 0.15) is 31.7 Å². The van der Waals surface area contributed by atoms with E-state index in [1.807, 2.05) is 35.2 Å². The Morgan fingerprint density at radius 3 is 2.52 bits per heavy atom. The molecule has 2 heterocycles. The molecule has 2 atom stereocenters. The van der Waals surface area contributed by atoms with Crippen LogP contribution in [-0.2, 0) is 20.9 Å². The zero-order chi connectivity index (χ0) is 19.4. The molecule has 0 spiro atoms. The average molecular weight is 392 g/mol. The van der Waals surface area contributed by atoms with E-state index in [0.29, 0.717) is 26.2 Å². The topological polar surface area (TPSA) is 69.7 Å². The summed E-state index contributed by atoms with van der Waals surface area (Å²) < 4.78 is 0. The first-order valence-corrected chi connectivity index (χ1v) is 9.92. The number of carbonyl (C=O) groups excluding carboxylic acids is 3. The second-order valence-electron chi connectivity index (χ2n) is 7.39. The lowest BCUT2D eigenvalue weighted by molar-refractivity contribution is -0.137. The number of alkyl halides is 1. The maximum Gasteiger partial charge on any atom is 0.237 e. The van der Waals surface area contributed by atoms with E-state index in [0.717, 1.165) is 18.4 Å². The van der Waals surface area contributed by atoms with Crippen LogP contribution in [-0.4, -0.2) is 58.6 Å². The molecule has 3 amide bonds. The van der Waals surface area contributed by atoms with E-state index in [1.165, 1.54) is 0 Å². The SMILES string of the molecule is CC(Cl)C(=O)NC1CCN(C(=O)C2CC(=O)N(Cc3ccccc3)C2)CC1. The van der Waals surface area contributed by atoms with Crippen LogP contribution in [0, 0.1) is 5.92 Å². The summed E-state index contributed by atoms with van der Waals surface area (Å²) in [6.07, 6.45) is 1.72. The number of carbonyl (C=O) groups is 3. The predicted octanol–water partition coefficient (Wildman–Crippen LogP) is 1.77. The van der Waals surface area contributed by atoms with Gasteiger partial charge in [-0.2, -0.15) is 0 Å². The summed E-state index contributed by atoms with van der Waals surface area (Å²) >= 11 is 5.78. The number of nitrogens with zero attached hydrogens (tertiary/aromatic N) is 2. The van der Waals surface area contributed by atoms with Gasteiger partial charge >= 0.3 is 0 Å². The number of nitrogens with one attached hydrogen (secondary N) is 1. The van der Waals surface area contributed by atoms with E-state index in [9.17, 15) is 14.4 Å². The van der Waals surface area contributed by atoms with Crippen molar-refractivity contribution in [3.8, 4) is 0 Å². The van der Waals surface area contributed by atoms with Crippen molar-refractivity contribution in [1.29, 1.82) is 0 Å². The first-order chi connectivity index (χ1) is 12.9. The molecule has 146 valence electrons. The standard InChI is InChI=1S/C20H26ClN3O3/c1-14(21)19(26)22-17-7-9-23(10-8-17)20(27)16-11-18(25)24(13-16)12-15-5-3-2-4-6-15/h2-6,14,16-17H,7-13H2,1H3,(H,22,26). The van der Waals surface area contributed by atoms with Crippen LogP contribution >= 0.6 is 11.6 Å². The van der Waals surface area contributed by atoms with Gasteiger partial charge in [-0.05, 0) is 25.3 Å². The third-order valence-electron chi connectivity index (χ3n) is 5.29. The number of hydrogen-bond acceptors (Lipinski definition) is 3. The Hall–Kier alpha value is -2.08. The summed E-state index contributed by atoms with van der Waals surface area (Å²) in [5.74, 6) is -0.348. The third kappa shape index (κ3) is 5.01. The summed E-state index contributed by atoms with van der Waals surface area (Å²) in [7, 11) is 0. The maximum absolute atomic E-state index is 12.8. The normalized spacial score (nSPS) is 22.0. The number of likely N-dealkylation sites (tertiary alicyclic amines) is 2. The minimum absolute atomic E-state index is 0.0375. The van der Waals surface area contributed by atoms with E-state index in [2.05, 4.69) is 5.32 Å². The third-order valence-corrected chi connectivity index (χ3v) is 5.49. The van der Waals surface area contributed by atoms with Gasteiger partial charge in [-0.15, -0.1) is 11.6 Å². The van der Waals surface area contributed by atoms with Crippen LogP contribution in [0.2, 0.25) is 0 Å². The molecule has 0 radical (unpaired) electrons. The van der Waals surface area contributed by atoms with Gasteiger partial charge in [0, 0.05) is 38.6 Å². The Balaban J connectivity index is 1.49. The molecular formula is C20H26ClN3O3. The molecule has 3 rings (SSSR count). The summed E-state index contributed by atoms with van der Waals surface area (Å²) in [5.41, 5.74) is 1.07. The Bertz CT molecular complexity index is 687. The molecule has 0 aliphatic carbocycles. The largest absolute Gasteiger partial charge is 0.352 e. The van der Waals surface area contributed by atoms with Crippen molar-refractivity contribution in [2.24, 2.45) is 5.92 Å². The summed E-state index contributed by atoms with van der Waals surface area (Å²) in [4.78, 5) is 40.4. The monoisotopic (exact) mass is 391 g/mol. The van der Waals surface area contributed by atoms with Gasteiger partial charge < -0.3 is 15.1 Å². The Morgan fingerprint density at radius 1 is 1.22 bits per heavy atom. The summed E-state index contributed by atoms with van der Waals surface area (Å²) in [5, 5.41) is 2.37. The first-order valence-electron chi connectivity index (χ1n) is 9.49. The average Bonchev–Trinajstić information content (AvgIpc) is 3.03. The van der Waals surface area contributed by atoms with Crippen molar-refractivity contribution in [2.45, 2.75) is 44.1 Å². The second-order valence-corrected chi connectivity index (χ2v) is 8.04. The molecule has 2 saturated heterocycles. The maximum atomic E-state index is 12.8. The molecule has 1 aromatic carbocycles. The molecular weight excluding hydrogens is 366 g/mol. The van der Waals surface area contributed by atoms with Gasteiger partial charge in [0.1, 0.15) is 5.38 Å². The minimum Gasteiger partial charge on any atom is -0.352 e. The fraction of sp³-hybridized carbons (Fsp3) is 0.550. The van der Waals surface area contributed by atoms with E-state index >= 15 is 0 Å². The molecule has 1 aromatic rings. The highest BCUT2D eigenvalue weighted by Gasteiger charge is 2.37. The Labute approximate surface area is 164 Å². The van der Waals surface area contributed by atoms with Gasteiger partial charge in [0.05, 0.1) is 5.92 Å². The highest BCUT2D eigenvalue weighted by Crippen LogP contribution is 2.24. The molecule has 0 bridgehead atoms. The van der Waals surface area contributed by atoms with Gasteiger partial charge in [-0.3, -0.25) is 14.4 Å².